The van der Waals surface area contributed by atoms with E-state index in [0.717, 1.165) is 37.7 Å². The van der Waals surface area contributed by atoms with Crippen molar-refractivity contribution in [2.45, 2.75) is 64.6 Å². The number of nitrogens with one attached hydrogen (secondary N) is 2. The van der Waals surface area contributed by atoms with Crippen molar-refractivity contribution in [1.29, 1.82) is 5.41 Å². The fourth-order valence-corrected chi connectivity index (χ4v) is 4.75. The lowest BCUT2D eigenvalue weighted by Gasteiger charge is -2.22. The number of fused-ring (bicyclic) bond motifs is 2. The number of phenols is 3. The van der Waals surface area contributed by atoms with Crippen molar-refractivity contribution in [3.8, 4) is 17.2 Å². The molecular weight excluding hydrogens is 458 g/mol. The number of epoxide rings is 1. The summed E-state index contributed by atoms with van der Waals surface area (Å²) in [6, 6.07) is 7.32. The maximum absolute atomic E-state index is 13.4. The summed E-state index contributed by atoms with van der Waals surface area (Å²) in [5.74, 6) is -0.247. The van der Waals surface area contributed by atoms with Crippen molar-refractivity contribution in [3.05, 3.63) is 47.5 Å². The molecule has 4 rings (SSSR count). The Balaban J connectivity index is 1.41. The molecule has 8 nitrogen and oxygen atoms in total. The summed E-state index contributed by atoms with van der Waals surface area (Å²) in [4.78, 5) is 14.9. The number of hydrogen-bond acceptors (Lipinski definition) is 7. The van der Waals surface area contributed by atoms with E-state index >= 15 is 0 Å². The Morgan fingerprint density at radius 1 is 1.22 bits per heavy atom. The van der Waals surface area contributed by atoms with Crippen molar-refractivity contribution in [1.82, 2.24) is 0 Å². The lowest BCUT2D eigenvalue weighted by molar-refractivity contribution is 0.0991. The lowest BCUT2D eigenvalue weighted by Crippen LogP contribution is -2.30. The summed E-state index contributed by atoms with van der Waals surface area (Å²) in [7, 11) is 0. The molecular formula is C28H35N3O5. The quantitative estimate of drug-likeness (QED) is 0.0928. The Hall–Kier alpha value is -3.52. The van der Waals surface area contributed by atoms with Gasteiger partial charge in [-0.05, 0) is 57.6 Å². The first-order chi connectivity index (χ1) is 17.1. The second kappa shape index (κ2) is 10.2. The Morgan fingerprint density at radius 3 is 2.72 bits per heavy atom. The average Bonchev–Trinajstić information content (AvgIpc) is 3.52. The molecule has 5 N–H and O–H groups in total. The number of carbonyl (C=O) groups excluding carboxylic acids is 1. The molecule has 0 bridgehead atoms. The van der Waals surface area contributed by atoms with Crippen LogP contribution in [-0.2, 0) is 4.74 Å². The van der Waals surface area contributed by atoms with E-state index in [2.05, 4.69) is 12.2 Å². The smallest absolute Gasteiger partial charge is 0.260 e. The summed E-state index contributed by atoms with van der Waals surface area (Å²) in [6.45, 7) is 6.50. The van der Waals surface area contributed by atoms with Crippen LogP contribution in [0.15, 0.2) is 42.0 Å². The van der Waals surface area contributed by atoms with Gasteiger partial charge < -0.3 is 35.7 Å². The lowest BCUT2D eigenvalue weighted by atomic mass is 9.94. The number of para-hydroxylation sites is 1. The van der Waals surface area contributed by atoms with Crippen LogP contribution >= 0.6 is 0 Å². The fraction of sp³-hybridized carbons (Fsp3) is 0.429. The Bertz CT molecular complexity index is 1190. The predicted molar refractivity (Wildman–Crippen MR) is 141 cm³/mol. The van der Waals surface area contributed by atoms with Crippen LogP contribution in [0.25, 0.3) is 0 Å². The van der Waals surface area contributed by atoms with Gasteiger partial charge in [0.2, 0.25) is 0 Å². The van der Waals surface area contributed by atoms with Crippen LogP contribution in [0.3, 0.4) is 0 Å². The van der Waals surface area contributed by atoms with Crippen LogP contribution < -0.4 is 10.2 Å². The second-order valence-corrected chi connectivity index (χ2v) is 10.2. The summed E-state index contributed by atoms with van der Waals surface area (Å²) >= 11 is 0. The number of hydrogen-bond donors (Lipinski definition) is 5. The zero-order valence-electron chi connectivity index (χ0n) is 21.0. The van der Waals surface area contributed by atoms with Crippen molar-refractivity contribution < 1.29 is 24.9 Å². The van der Waals surface area contributed by atoms with Gasteiger partial charge in [-0.3, -0.25) is 4.79 Å². The predicted octanol–water partition coefficient (Wildman–Crippen LogP) is 5.85. The van der Waals surface area contributed by atoms with Crippen LogP contribution in [0.5, 0.6) is 17.2 Å². The number of benzene rings is 2. The number of rotatable bonds is 10. The molecule has 3 unspecified atom stereocenters. The zero-order chi connectivity index (χ0) is 26.0. The summed E-state index contributed by atoms with van der Waals surface area (Å²) < 4.78 is 5.59. The number of allylic oxidation sites excluding steroid dienone is 1. The number of anilines is 3. The molecule has 0 aliphatic carbocycles. The van der Waals surface area contributed by atoms with Gasteiger partial charge in [0.25, 0.3) is 5.91 Å². The highest BCUT2D eigenvalue weighted by atomic mass is 16.6. The molecule has 0 radical (unpaired) electrons. The Morgan fingerprint density at radius 2 is 2.00 bits per heavy atom. The van der Waals surface area contributed by atoms with E-state index in [-0.39, 0.29) is 58.3 Å². The minimum absolute atomic E-state index is 0.0994. The van der Waals surface area contributed by atoms with Gasteiger partial charge in [0.05, 0.1) is 23.0 Å². The number of nitrogens with zero attached hydrogens (tertiary/aromatic N) is 1. The molecule has 2 aliphatic rings. The van der Waals surface area contributed by atoms with Crippen LogP contribution in [0, 0.1) is 11.3 Å². The minimum atomic E-state index is -0.356. The summed E-state index contributed by atoms with van der Waals surface area (Å²) in [5.41, 5.74) is 1.88. The van der Waals surface area contributed by atoms with Crippen molar-refractivity contribution in [2.75, 3.05) is 16.8 Å². The first-order valence-corrected chi connectivity index (χ1v) is 12.4. The summed E-state index contributed by atoms with van der Waals surface area (Å²) in [6.07, 6.45) is 8.63. The van der Waals surface area contributed by atoms with Gasteiger partial charge >= 0.3 is 0 Å². The van der Waals surface area contributed by atoms with E-state index in [9.17, 15) is 20.1 Å². The summed E-state index contributed by atoms with van der Waals surface area (Å²) in [5, 5.41) is 41.3. The first-order valence-electron chi connectivity index (χ1n) is 12.4. The molecule has 192 valence electrons. The van der Waals surface area contributed by atoms with Crippen LogP contribution in [0.4, 0.5) is 17.1 Å². The molecule has 2 aromatic carbocycles. The molecule has 1 amide bonds. The van der Waals surface area contributed by atoms with Gasteiger partial charge in [0, 0.05) is 24.9 Å². The van der Waals surface area contributed by atoms with E-state index in [1.165, 1.54) is 29.3 Å². The number of aromatic hydroxyl groups is 3. The van der Waals surface area contributed by atoms with E-state index in [4.69, 9.17) is 10.1 Å². The van der Waals surface area contributed by atoms with E-state index in [1.807, 2.05) is 19.9 Å². The highest BCUT2D eigenvalue weighted by molar-refractivity contribution is 6.15. The van der Waals surface area contributed by atoms with Crippen molar-refractivity contribution in [2.24, 2.45) is 5.92 Å². The fourth-order valence-electron chi connectivity index (χ4n) is 4.75. The van der Waals surface area contributed by atoms with Gasteiger partial charge in [-0.1, -0.05) is 31.1 Å². The molecule has 3 atom stereocenters. The Labute approximate surface area is 211 Å². The SMILES string of the molecule is C/C(=C\CN1C(=O)c2cccc(O)c2Nc2c(O)cc(O)cc21)CCCC(C)CCC1OC1(C)C=N. The molecule has 2 heterocycles. The zero-order valence-corrected chi connectivity index (χ0v) is 21.0. The van der Waals surface area contributed by atoms with Gasteiger partial charge in [-0.2, -0.15) is 0 Å². The normalized spacial score (nSPS) is 21.8. The molecule has 2 aliphatic heterocycles. The number of phenolic OH excluding ortho intramolecular Hbond substituents is 3. The van der Waals surface area contributed by atoms with E-state index in [0.29, 0.717) is 11.6 Å². The second-order valence-electron chi connectivity index (χ2n) is 10.2. The van der Waals surface area contributed by atoms with E-state index < -0.39 is 0 Å². The standard InChI is InChI=1S/C28H35N3O5/c1-17(10-11-24-28(3,16-29)36-24)6-4-7-18(2)12-13-31-21-14-19(32)15-23(34)26(21)30-25-20(27(31)35)8-5-9-22(25)33/h5,8-9,12,14-17,24,29-30,32-34H,4,6-7,10-11,13H2,1-3H3/b18-12+,29-16?. The van der Waals surface area contributed by atoms with Crippen LogP contribution in [0.1, 0.15) is 63.2 Å². The van der Waals surface area contributed by atoms with Gasteiger partial charge in [0.1, 0.15) is 28.5 Å². The number of amides is 1. The molecule has 0 spiro atoms. The topological polar surface area (TPSA) is 129 Å². The Kier molecular flexibility index (Phi) is 7.26. The monoisotopic (exact) mass is 493 g/mol. The third-order valence-electron chi connectivity index (χ3n) is 7.22. The van der Waals surface area contributed by atoms with Gasteiger partial charge in [0.15, 0.2) is 0 Å². The highest BCUT2D eigenvalue weighted by Gasteiger charge is 2.50. The third-order valence-corrected chi connectivity index (χ3v) is 7.22. The molecule has 1 fully saturated rings. The van der Waals surface area contributed by atoms with Crippen LogP contribution in [0.2, 0.25) is 0 Å². The molecule has 2 aromatic rings. The maximum Gasteiger partial charge on any atom is 0.260 e. The number of ether oxygens (including phenoxy) is 1. The van der Waals surface area contributed by atoms with Crippen LogP contribution in [-0.4, -0.2) is 45.7 Å². The molecule has 36 heavy (non-hydrogen) atoms. The largest absolute Gasteiger partial charge is 0.508 e. The molecule has 1 saturated heterocycles. The first kappa shape index (κ1) is 25.6. The minimum Gasteiger partial charge on any atom is -0.508 e. The van der Waals surface area contributed by atoms with Gasteiger partial charge in [-0.25, -0.2) is 0 Å². The molecule has 0 saturated carbocycles. The van der Waals surface area contributed by atoms with E-state index in [1.54, 1.807) is 12.1 Å². The van der Waals surface area contributed by atoms with Crippen molar-refractivity contribution in [3.63, 3.8) is 0 Å². The van der Waals surface area contributed by atoms with Crippen molar-refractivity contribution >= 4 is 29.2 Å². The third kappa shape index (κ3) is 5.33. The average molecular weight is 494 g/mol. The number of carbonyl (C=O) groups is 1. The molecule has 0 aromatic heterocycles. The highest BCUT2D eigenvalue weighted by Crippen LogP contribution is 2.45. The van der Waals surface area contributed by atoms with Gasteiger partial charge in [-0.15, -0.1) is 0 Å². The maximum atomic E-state index is 13.4. The molecule has 8 heteroatoms.